The molecule has 10 heavy (non-hydrogen) atoms. The van der Waals surface area contributed by atoms with Gasteiger partial charge in [0.05, 0.1) is 0 Å². The smallest absolute Gasteiger partial charge is 0.280 e. The van der Waals surface area contributed by atoms with E-state index in [0.717, 1.165) is 0 Å². The molecule has 0 aliphatic rings. The Labute approximate surface area is 109 Å². The van der Waals surface area contributed by atoms with Crippen LogP contribution in [0.3, 0.4) is 0 Å². The van der Waals surface area contributed by atoms with Crippen molar-refractivity contribution in [1.82, 2.24) is 15.0 Å². The molecule has 0 atom stereocenters. The number of nitrogens with one attached hydrogen (secondary N) is 1. The van der Waals surface area contributed by atoms with Gasteiger partial charge in [0, 0.05) is 51.4 Å². The molecule has 1 heterocycles. The van der Waals surface area contributed by atoms with Gasteiger partial charge in [-0.05, 0) is 23.2 Å². The van der Waals surface area contributed by atoms with E-state index in [1.54, 1.807) is 0 Å². The summed E-state index contributed by atoms with van der Waals surface area (Å²) in [7, 11) is 0. The summed E-state index contributed by atoms with van der Waals surface area (Å²) in [5.41, 5.74) is -0.597. The second-order valence-electron chi connectivity index (χ2n) is 1.21. The van der Waals surface area contributed by atoms with E-state index in [-0.39, 0.29) is 62.0 Å². The minimum atomic E-state index is -0.597. The van der Waals surface area contributed by atoms with Crippen LogP contribution in [-0.2, 0) is 0 Å². The van der Waals surface area contributed by atoms with Gasteiger partial charge in [-0.2, -0.15) is 9.97 Å². The fraction of sp³-hybridized carbons (Fsp3) is 0. The summed E-state index contributed by atoms with van der Waals surface area (Å²) in [5.74, 6) is 0. The van der Waals surface area contributed by atoms with Crippen LogP contribution in [0.25, 0.3) is 0 Å². The van der Waals surface area contributed by atoms with Crippen molar-refractivity contribution in [3.05, 3.63) is 21.1 Å². The van der Waals surface area contributed by atoms with Crippen LogP contribution < -0.4 is 5.69 Å². The number of aromatic amines is 1. The molecule has 1 aromatic heterocycles. The van der Waals surface area contributed by atoms with E-state index in [4.69, 9.17) is 23.2 Å². The van der Waals surface area contributed by atoms with Crippen LogP contribution in [0, 0.1) is 0 Å². The molecule has 1 rings (SSSR count). The van der Waals surface area contributed by atoms with Crippen LogP contribution in [0.5, 0.6) is 0 Å². The van der Waals surface area contributed by atoms with Crippen molar-refractivity contribution in [1.29, 1.82) is 0 Å². The monoisotopic (exact) mass is 204 g/mol. The maximum atomic E-state index is 10.3. The molecule has 0 aliphatic heterocycles. The van der Waals surface area contributed by atoms with Gasteiger partial charge in [-0.3, -0.25) is 4.98 Å². The van der Waals surface area contributed by atoms with Crippen molar-refractivity contribution in [2.75, 3.05) is 0 Å². The SMILES string of the molecule is O=c1nc(Cl)nc(Cl)[nH]1.[K]. The van der Waals surface area contributed by atoms with Gasteiger partial charge in [0.2, 0.25) is 10.6 Å². The van der Waals surface area contributed by atoms with E-state index in [9.17, 15) is 4.79 Å². The van der Waals surface area contributed by atoms with E-state index in [1.165, 1.54) is 0 Å². The minimum Gasteiger partial charge on any atom is -0.280 e. The quantitative estimate of drug-likeness (QED) is 0.610. The minimum absolute atomic E-state index is 0. The molecular weight excluding hydrogens is 204 g/mol. The van der Waals surface area contributed by atoms with Gasteiger partial charge in [-0.15, -0.1) is 0 Å². The summed E-state index contributed by atoms with van der Waals surface area (Å²) in [4.78, 5) is 19.0. The van der Waals surface area contributed by atoms with Crippen LogP contribution in [0.4, 0.5) is 0 Å². The van der Waals surface area contributed by atoms with Crippen molar-refractivity contribution in [2.24, 2.45) is 0 Å². The van der Waals surface area contributed by atoms with Gasteiger partial charge in [0.15, 0.2) is 0 Å². The number of hydrogen-bond donors (Lipinski definition) is 1. The number of nitrogens with zero attached hydrogens (tertiary/aromatic N) is 2. The van der Waals surface area contributed by atoms with E-state index < -0.39 is 5.69 Å². The molecule has 4 nitrogen and oxygen atoms in total. The van der Waals surface area contributed by atoms with Crippen LogP contribution >= 0.6 is 23.2 Å². The van der Waals surface area contributed by atoms with Gasteiger partial charge < -0.3 is 0 Å². The second-order valence-corrected chi connectivity index (χ2v) is 1.91. The third-order valence-electron chi connectivity index (χ3n) is 0.594. The van der Waals surface area contributed by atoms with Gasteiger partial charge in [-0.1, -0.05) is 0 Å². The fourth-order valence-corrected chi connectivity index (χ4v) is 0.699. The standard InChI is InChI=1S/C3HCl2N3O.K/c4-1-6-2(5)8-3(9)7-1;/h(H,6,7,8,9);. The predicted octanol–water partition coefficient (Wildman–Crippen LogP) is 0.0909. The number of aromatic nitrogens is 3. The molecular formula is C3HCl2KN3O. The molecule has 7 heteroatoms. The summed E-state index contributed by atoms with van der Waals surface area (Å²) < 4.78 is 0. The topological polar surface area (TPSA) is 58.6 Å². The van der Waals surface area contributed by atoms with Crippen molar-refractivity contribution < 1.29 is 0 Å². The van der Waals surface area contributed by atoms with Crippen LogP contribution in [0.1, 0.15) is 0 Å². The van der Waals surface area contributed by atoms with Crippen molar-refractivity contribution >= 4 is 74.6 Å². The first-order valence-corrected chi connectivity index (χ1v) is 2.73. The Morgan fingerprint density at radius 2 is 1.90 bits per heavy atom. The largest absolute Gasteiger partial charge is 0.350 e. The molecule has 0 fully saturated rings. The first kappa shape index (κ1) is 11.0. The number of rotatable bonds is 0. The zero-order valence-corrected chi connectivity index (χ0v) is 9.69. The Morgan fingerprint density at radius 1 is 1.30 bits per heavy atom. The Hall–Kier alpha value is 1.03. The Bertz CT molecular complexity index is 251. The van der Waals surface area contributed by atoms with E-state index in [0.29, 0.717) is 0 Å². The van der Waals surface area contributed by atoms with Crippen LogP contribution in [-0.4, -0.2) is 66.3 Å². The Morgan fingerprint density at radius 3 is 2.30 bits per heavy atom. The fourth-order valence-electron chi connectivity index (χ4n) is 0.334. The molecule has 0 saturated heterocycles. The zero-order chi connectivity index (χ0) is 6.85. The summed E-state index contributed by atoms with van der Waals surface area (Å²) in [6, 6.07) is 0. The van der Waals surface area contributed by atoms with Crippen molar-refractivity contribution in [3.8, 4) is 0 Å². The average Bonchev–Trinajstić information content (AvgIpc) is 1.59. The van der Waals surface area contributed by atoms with Gasteiger partial charge in [0.25, 0.3) is 0 Å². The third-order valence-corrected chi connectivity index (χ3v) is 0.942. The summed E-state index contributed by atoms with van der Waals surface area (Å²) in [6.45, 7) is 0. The summed E-state index contributed by atoms with van der Waals surface area (Å²) >= 11 is 10.5. The van der Waals surface area contributed by atoms with Crippen LogP contribution in [0.15, 0.2) is 4.79 Å². The third kappa shape index (κ3) is 3.43. The first-order chi connectivity index (χ1) is 4.18. The summed E-state index contributed by atoms with van der Waals surface area (Å²) in [6.07, 6.45) is 0. The van der Waals surface area contributed by atoms with Crippen molar-refractivity contribution in [3.63, 3.8) is 0 Å². The molecule has 0 amide bonds. The average molecular weight is 205 g/mol. The maximum absolute atomic E-state index is 10.3. The molecule has 0 bridgehead atoms. The number of halogens is 2. The van der Waals surface area contributed by atoms with E-state index >= 15 is 0 Å². The normalized spacial score (nSPS) is 8.60. The molecule has 1 radical (unpaired) electrons. The molecule has 1 N–H and O–H groups in total. The number of hydrogen-bond acceptors (Lipinski definition) is 3. The predicted molar refractivity (Wildman–Crippen MR) is 38.4 cm³/mol. The van der Waals surface area contributed by atoms with E-state index in [1.807, 2.05) is 0 Å². The molecule has 0 aliphatic carbocycles. The Balaban J connectivity index is 0.000000810. The second kappa shape index (κ2) is 4.81. The van der Waals surface area contributed by atoms with Crippen LogP contribution in [0.2, 0.25) is 10.6 Å². The van der Waals surface area contributed by atoms with Crippen molar-refractivity contribution in [2.45, 2.75) is 0 Å². The van der Waals surface area contributed by atoms with Gasteiger partial charge >= 0.3 is 5.69 Å². The molecule has 0 saturated carbocycles. The van der Waals surface area contributed by atoms with Gasteiger partial charge in [0.1, 0.15) is 0 Å². The first-order valence-electron chi connectivity index (χ1n) is 1.98. The maximum Gasteiger partial charge on any atom is 0.350 e. The van der Waals surface area contributed by atoms with Gasteiger partial charge in [-0.25, -0.2) is 4.79 Å². The molecule has 0 aromatic carbocycles. The Kier molecular flexibility index (Phi) is 5.31. The molecule has 1 aromatic rings. The molecule has 0 spiro atoms. The van der Waals surface area contributed by atoms with E-state index in [2.05, 4.69) is 15.0 Å². The summed E-state index contributed by atoms with van der Waals surface area (Å²) in [5, 5.41) is -0.205. The molecule has 49 valence electrons. The number of H-pyrrole nitrogens is 1. The molecule has 0 unspecified atom stereocenters. The zero-order valence-electron chi connectivity index (χ0n) is 5.06.